The molecule has 0 atom stereocenters. The molecule has 154 valence electrons. The zero-order valence-electron chi connectivity index (χ0n) is 16.9. The Hall–Kier alpha value is -3.12. The second-order valence-corrected chi connectivity index (χ2v) is 7.79. The fourth-order valence-corrected chi connectivity index (χ4v) is 3.00. The lowest BCUT2D eigenvalue weighted by molar-refractivity contribution is -0.120. The molecule has 1 N–H and O–H groups in total. The van der Waals surface area contributed by atoms with Gasteiger partial charge in [0.1, 0.15) is 12.4 Å². The number of aryl methyl sites for hydroxylation is 2. The molecule has 0 saturated carbocycles. The number of carbonyl (C=O) groups is 1. The number of benzene rings is 3. The Bertz CT molecular complexity index is 1020. The van der Waals surface area contributed by atoms with Crippen LogP contribution in [0.3, 0.4) is 0 Å². The Morgan fingerprint density at radius 3 is 2.37 bits per heavy atom. The number of nitrogens with one attached hydrogen (secondary N) is 1. The Labute approximate surface area is 184 Å². The van der Waals surface area contributed by atoms with Crippen molar-refractivity contribution in [2.75, 3.05) is 11.9 Å². The fraction of sp³-hybridized carbons (Fsp3) is 0.167. The Kier molecular flexibility index (Phi) is 7.63. The van der Waals surface area contributed by atoms with Crippen LogP contribution in [0.15, 0.2) is 76.4 Å². The Morgan fingerprint density at radius 2 is 1.67 bits per heavy atom. The number of rotatable bonds is 8. The van der Waals surface area contributed by atoms with Gasteiger partial charge in [0.05, 0.1) is 6.21 Å². The van der Waals surface area contributed by atoms with Gasteiger partial charge in [0.2, 0.25) is 0 Å². The number of oxime groups is 1. The molecule has 1 amide bonds. The molecule has 6 heteroatoms. The highest BCUT2D eigenvalue weighted by Crippen LogP contribution is 2.23. The van der Waals surface area contributed by atoms with E-state index in [2.05, 4.69) is 45.5 Å². The predicted molar refractivity (Wildman–Crippen MR) is 123 cm³/mol. The molecule has 0 aliphatic heterocycles. The summed E-state index contributed by atoms with van der Waals surface area (Å²) < 4.78 is 6.83. The van der Waals surface area contributed by atoms with E-state index >= 15 is 0 Å². The van der Waals surface area contributed by atoms with Crippen LogP contribution in [0.4, 0.5) is 5.69 Å². The molecule has 0 radical (unpaired) electrons. The van der Waals surface area contributed by atoms with E-state index in [1.54, 1.807) is 0 Å². The normalized spacial score (nSPS) is 10.8. The lowest BCUT2D eigenvalue weighted by atomic mass is 10.1. The number of hydrogen-bond acceptors (Lipinski definition) is 4. The fourth-order valence-electron chi connectivity index (χ4n) is 2.62. The van der Waals surface area contributed by atoms with E-state index in [-0.39, 0.29) is 12.5 Å². The second kappa shape index (κ2) is 10.6. The molecule has 3 rings (SSSR count). The summed E-state index contributed by atoms with van der Waals surface area (Å²) >= 11 is 3.45. The molecule has 0 fully saturated rings. The zero-order valence-corrected chi connectivity index (χ0v) is 18.5. The topological polar surface area (TPSA) is 59.9 Å². The maximum Gasteiger partial charge on any atom is 0.265 e. The monoisotopic (exact) mass is 466 g/mol. The average Bonchev–Trinajstić information content (AvgIpc) is 2.73. The van der Waals surface area contributed by atoms with Crippen LogP contribution >= 0.6 is 15.9 Å². The third-order valence-electron chi connectivity index (χ3n) is 4.28. The third-order valence-corrected chi connectivity index (χ3v) is 4.78. The lowest BCUT2D eigenvalue weighted by Crippen LogP contribution is -2.16. The maximum atomic E-state index is 12.0. The van der Waals surface area contributed by atoms with Gasteiger partial charge in [-0.2, -0.15) is 0 Å². The molecule has 0 aliphatic carbocycles. The number of carbonyl (C=O) groups excluding carboxylic acids is 1. The first kappa shape index (κ1) is 21.6. The van der Waals surface area contributed by atoms with E-state index in [1.165, 1.54) is 11.8 Å². The summed E-state index contributed by atoms with van der Waals surface area (Å²) in [5.74, 6) is 0.399. The molecule has 0 unspecified atom stereocenters. The number of halogens is 1. The first-order valence-electron chi connectivity index (χ1n) is 9.49. The van der Waals surface area contributed by atoms with Crippen LogP contribution in [-0.2, 0) is 16.2 Å². The van der Waals surface area contributed by atoms with Crippen LogP contribution < -0.4 is 10.1 Å². The van der Waals surface area contributed by atoms with E-state index in [0.717, 1.165) is 26.9 Å². The molecule has 5 nitrogen and oxygen atoms in total. The van der Waals surface area contributed by atoms with Gasteiger partial charge >= 0.3 is 0 Å². The molecule has 3 aromatic carbocycles. The van der Waals surface area contributed by atoms with Crippen molar-refractivity contribution in [3.63, 3.8) is 0 Å². The number of hydrogen-bond donors (Lipinski definition) is 1. The second-order valence-electron chi connectivity index (χ2n) is 6.88. The van der Waals surface area contributed by atoms with Crippen LogP contribution in [0.5, 0.6) is 5.75 Å². The van der Waals surface area contributed by atoms with Crippen molar-refractivity contribution in [1.29, 1.82) is 0 Å². The van der Waals surface area contributed by atoms with E-state index in [1.807, 2.05) is 61.5 Å². The first-order valence-corrected chi connectivity index (χ1v) is 10.3. The van der Waals surface area contributed by atoms with Gasteiger partial charge in [-0.1, -0.05) is 68.6 Å². The molecule has 0 heterocycles. The van der Waals surface area contributed by atoms with Crippen molar-refractivity contribution in [3.8, 4) is 5.75 Å². The van der Waals surface area contributed by atoms with E-state index in [4.69, 9.17) is 9.57 Å². The van der Waals surface area contributed by atoms with Gasteiger partial charge in [0.15, 0.2) is 6.61 Å². The Morgan fingerprint density at radius 1 is 1.00 bits per heavy atom. The smallest absolute Gasteiger partial charge is 0.265 e. The van der Waals surface area contributed by atoms with Gasteiger partial charge < -0.3 is 14.9 Å². The van der Waals surface area contributed by atoms with Gasteiger partial charge in [0.25, 0.3) is 5.91 Å². The van der Waals surface area contributed by atoms with E-state index < -0.39 is 0 Å². The molecule has 0 spiro atoms. The first-order chi connectivity index (χ1) is 14.5. The van der Waals surface area contributed by atoms with Crippen LogP contribution in [0, 0.1) is 13.8 Å². The maximum absolute atomic E-state index is 12.0. The van der Waals surface area contributed by atoms with Gasteiger partial charge in [0, 0.05) is 15.7 Å². The molecule has 0 bridgehead atoms. The highest BCUT2D eigenvalue weighted by atomic mass is 79.9. The quantitative estimate of drug-likeness (QED) is 0.345. The van der Waals surface area contributed by atoms with E-state index in [9.17, 15) is 4.79 Å². The van der Waals surface area contributed by atoms with Gasteiger partial charge in [-0.05, 0) is 49.7 Å². The number of anilines is 1. The van der Waals surface area contributed by atoms with Gasteiger partial charge in [-0.25, -0.2) is 0 Å². The molecule has 0 saturated heterocycles. The largest absolute Gasteiger partial charge is 0.488 e. The summed E-state index contributed by atoms with van der Waals surface area (Å²) in [6.45, 7) is 4.31. The standard InChI is InChI=1S/C24H23BrN2O3/c1-17-3-7-19(8-4-17)15-29-23-12-9-21(25)13-20(23)14-26-30-16-24(28)27-22-10-5-18(2)6-11-22/h3-14H,15-16H2,1-2H3,(H,27,28). The van der Waals surface area contributed by atoms with Crippen LogP contribution in [-0.4, -0.2) is 18.7 Å². The molecule has 0 aliphatic rings. The number of nitrogens with zero attached hydrogens (tertiary/aromatic N) is 1. The lowest BCUT2D eigenvalue weighted by Gasteiger charge is -2.10. The summed E-state index contributed by atoms with van der Waals surface area (Å²) in [4.78, 5) is 17.1. The van der Waals surface area contributed by atoms with Crippen molar-refractivity contribution in [2.45, 2.75) is 20.5 Å². The molecule has 0 aromatic heterocycles. The zero-order chi connectivity index (χ0) is 21.3. The summed E-state index contributed by atoms with van der Waals surface area (Å²) in [6.07, 6.45) is 1.54. The van der Waals surface area contributed by atoms with Gasteiger partial charge in [-0.3, -0.25) is 4.79 Å². The van der Waals surface area contributed by atoms with Crippen molar-refractivity contribution in [3.05, 3.63) is 93.5 Å². The molecular formula is C24H23BrN2O3. The summed E-state index contributed by atoms with van der Waals surface area (Å²) in [5.41, 5.74) is 4.88. The van der Waals surface area contributed by atoms with Crippen molar-refractivity contribution in [2.24, 2.45) is 5.16 Å². The number of ether oxygens (including phenoxy) is 1. The highest BCUT2D eigenvalue weighted by Gasteiger charge is 2.05. The SMILES string of the molecule is Cc1ccc(COc2ccc(Br)cc2C=NOCC(=O)Nc2ccc(C)cc2)cc1. The van der Waals surface area contributed by atoms with E-state index in [0.29, 0.717) is 12.4 Å². The van der Waals surface area contributed by atoms with Crippen LogP contribution in [0.1, 0.15) is 22.3 Å². The average molecular weight is 467 g/mol. The molecular weight excluding hydrogens is 444 g/mol. The third kappa shape index (κ3) is 6.74. The predicted octanol–water partition coefficient (Wildman–Crippen LogP) is 5.63. The van der Waals surface area contributed by atoms with Crippen molar-refractivity contribution in [1.82, 2.24) is 0 Å². The van der Waals surface area contributed by atoms with Crippen molar-refractivity contribution < 1.29 is 14.4 Å². The summed E-state index contributed by atoms with van der Waals surface area (Å²) in [6, 6.07) is 21.4. The molecule has 30 heavy (non-hydrogen) atoms. The number of amides is 1. The highest BCUT2D eigenvalue weighted by molar-refractivity contribution is 9.10. The summed E-state index contributed by atoms with van der Waals surface area (Å²) in [7, 11) is 0. The molecule has 3 aromatic rings. The van der Waals surface area contributed by atoms with Crippen molar-refractivity contribution >= 4 is 33.7 Å². The minimum absolute atomic E-state index is 0.183. The van der Waals surface area contributed by atoms with Crippen LogP contribution in [0.2, 0.25) is 0 Å². The Balaban J connectivity index is 1.55. The minimum Gasteiger partial charge on any atom is -0.488 e. The minimum atomic E-state index is -0.277. The van der Waals surface area contributed by atoms with Gasteiger partial charge in [-0.15, -0.1) is 0 Å². The van der Waals surface area contributed by atoms with Crippen LogP contribution in [0.25, 0.3) is 0 Å². The summed E-state index contributed by atoms with van der Waals surface area (Å²) in [5, 5.41) is 6.68.